The number of hydrogen-bond donors (Lipinski definition) is 1. The van der Waals surface area contributed by atoms with Crippen LogP contribution in [0, 0.1) is 5.92 Å². The van der Waals surface area contributed by atoms with E-state index in [0.717, 1.165) is 31.2 Å². The molecule has 0 atom stereocenters. The molecule has 1 aromatic rings. The monoisotopic (exact) mass is 239 g/mol. The van der Waals surface area contributed by atoms with Gasteiger partial charge >= 0.3 is 5.97 Å². The van der Waals surface area contributed by atoms with E-state index in [1.807, 2.05) is 12.1 Å². The van der Waals surface area contributed by atoms with Gasteiger partial charge in [0.25, 0.3) is 0 Å². The summed E-state index contributed by atoms with van der Waals surface area (Å²) >= 11 is 6.03. The van der Waals surface area contributed by atoms with E-state index in [1.54, 1.807) is 6.20 Å². The minimum Gasteiger partial charge on any atom is -0.481 e. The van der Waals surface area contributed by atoms with E-state index in [1.165, 1.54) is 0 Å². The Balaban J connectivity index is 2.05. The van der Waals surface area contributed by atoms with Gasteiger partial charge in [-0.1, -0.05) is 17.7 Å². The minimum atomic E-state index is -0.671. The summed E-state index contributed by atoms with van der Waals surface area (Å²) < 4.78 is 0. The van der Waals surface area contributed by atoms with Crippen molar-refractivity contribution in [3.8, 4) is 0 Å². The molecule has 0 radical (unpaired) electrons. The Morgan fingerprint density at radius 2 is 2.06 bits per heavy atom. The van der Waals surface area contributed by atoms with Crippen LogP contribution in [-0.4, -0.2) is 16.1 Å². The fraction of sp³-hybridized carbons (Fsp3) is 0.500. The standard InChI is InChI=1S/C12H14ClNO2/c13-11-10(2-1-7-14-11)8-3-5-9(6-4-8)12(15)16/h1-2,7-9H,3-6H2,(H,15,16). The number of hydrogen-bond acceptors (Lipinski definition) is 2. The van der Waals surface area contributed by atoms with Gasteiger partial charge in [0, 0.05) is 6.20 Å². The van der Waals surface area contributed by atoms with Gasteiger partial charge in [-0.15, -0.1) is 0 Å². The van der Waals surface area contributed by atoms with E-state index in [9.17, 15) is 4.79 Å². The maximum atomic E-state index is 10.8. The molecule has 1 heterocycles. The molecular weight excluding hydrogens is 226 g/mol. The fourth-order valence-corrected chi connectivity index (χ4v) is 2.63. The summed E-state index contributed by atoms with van der Waals surface area (Å²) in [5.41, 5.74) is 1.06. The van der Waals surface area contributed by atoms with E-state index >= 15 is 0 Å². The number of aromatic nitrogens is 1. The molecule has 1 saturated carbocycles. The quantitative estimate of drug-likeness (QED) is 0.807. The molecule has 4 heteroatoms. The molecule has 1 N–H and O–H groups in total. The van der Waals surface area contributed by atoms with Gasteiger partial charge in [0.2, 0.25) is 0 Å². The van der Waals surface area contributed by atoms with Crippen molar-refractivity contribution in [2.45, 2.75) is 31.6 Å². The molecular formula is C12H14ClNO2. The summed E-state index contributed by atoms with van der Waals surface area (Å²) in [6.07, 6.45) is 4.94. The molecule has 0 saturated heterocycles. The second kappa shape index (κ2) is 4.83. The number of halogens is 1. The Kier molecular flexibility index (Phi) is 3.44. The number of carboxylic acids is 1. The zero-order chi connectivity index (χ0) is 11.5. The van der Waals surface area contributed by atoms with Crippen molar-refractivity contribution in [2.75, 3.05) is 0 Å². The highest BCUT2D eigenvalue weighted by atomic mass is 35.5. The largest absolute Gasteiger partial charge is 0.481 e. The topological polar surface area (TPSA) is 50.2 Å². The van der Waals surface area contributed by atoms with Crippen LogP contribution in [0.1, 0.15) is 37.2 Å². The van der Waals surface area contributed by atoms with Crippen molar-refractivity contribution in [3.05, 3.63) is 29.0 Å². The Bertz CT molecular complexity index is 386. The number of nitrogens with zero attached hydrogens (tertiary/aromatic N) is 1. The molecule has 1 aliphatic rings. The summed E-state index contributed by atoms with van der Waals surface area (Å²) in [5.74, 6) is -0.473. The summed E-state index contributed by atoms with van der Waals surface area (Å²) in [4.78, 5) is 14.9. The molecule has 1 aliphatic carbocycles. The third kappa shape index (κ3) is 2.35. The lowest BCUT2D eigenvalue weighted by molar-refractivity contribution is -0.142. The molecule has 16 heavy (non-hydrogen) atoms. The first-order chi connectivity index (χ1) is 7.68. The first kappa shape index (κ1) is 11.4. The molecule has 3 nitrogen and oxygen atoms in total. The Morgan fingerprint density at radius 3 is 2.62 bits per heavy atom. The molecule has 0 unspecified atom stereocenters. The van der Waals surface area contributed by atoms with Crippen molar-refractivity contribution in [1.29, 1.82) is 0 Å². The van der Waals surface area contributed by atoms with Crippen LogP contribution in [-0.2, 0) is 4.79 Å². The maximum Gasteiger partial charge on any atom is 0.306 e. The highest BCUT2D eigenvalue weighted by Crippen LogP contribution is 2.37. The first-order valence-electron chi connectivity index (χ1n) is 5.51. The van der Waals surface area contributed by atoms with Gasteiger partial charge in [-0.2, -0.15) is 0 Å². The SMILES string of the molecule is O=C(O)C1CCC(c2cccnc2Cl)CC1. The Hall–Kier alpha value is -1.09. The molecule has 2 rings (SSSR count). The molecule has 1 fully saturated rings. The smallest absolute Gasteiger partial charge is 0.306 e. The van der Waals surface area contributed by atoms with Gasteiger partial charge in [0.1, 0.15) is 5.15 Å². The fourth-order valence-electron chi connectivity index (χ4n) is 2.35. The highest BCUT2D eigenvalue weighted by molar-refractivity contribution is 6.30. The van der Waals surface area contributed by atoms with Gasteiger partial charge in [-0.3, -0.25) is 4.79 Å². The molecule has 0 spiro atoms. The van der Waals surface area contributed by atoms with Crippen molar-refractivity contribution in [1.82, 2.24) is 4.98 Å². The highest BCUT2D eigenvalue weighted by Gasteiger charge is 2.27. The zero-order valence-corrected chi connectivity index (χ0v) is 9.65. The van der Waals surface area contributed by atoms with Crippen molar-refractivity contribution < 1.29 is 9.90 Å². The predicted molar refractivity (Wildman–Crippen MR) is 61.6 cm³/mol. The average Bonchev–Trinajstić information content (AvgIpc) is 2.30. The van der Waals surface area contributed by atoms with Crippen LogP contribution in [0.15, 0.2) is 18.3 Å². The number of pyridine rings is 1. The van der Waals surface area contributed by atoms with Gasteiger partial charge in [-0.05, 0) is 43.2 Å². The van der Waals surface area contributed by atoms with Crippen LogP contribution < -0.4 is 0 Å². The first-order valence-corrected chi connectivity index (χ1v) is 5.89. The van der Waals surface area contributed by atoms with E-state index in [4.69, 9.17) is 16.7 Å². The second-order valence-electron chi connectivity index (χ2n) is 4.27. The molecule has 1 aromatic heterocycles. The third-order valence-electron chi connectivity index (χ3n) is 3.30. The average molecular weight is 240 g/mol. The van der Waals surface area contributed by atoms with Gasteiger partial charge < -0.3 is 5.11 Å². The summed E-state index contributed by atoms with van der Waals surface area (Å²) in [6.45, 7) is 0. The molecule has 0 aromatic carbocycles. The summed E-state index contributed by atoms with van der Waals surface area (Å²) in [5, 5.41) is 9.47. The van der Waals surface area contributed by atoms with Crippen LogP contribution in [0.5, 0.6) is 0 Å². The van der Waals surface area contributed by atoms with Crippen LogP contribution in [0.4, 0.5) is 0 Å². The van der Waals surface area contributed by atoms with Crippen molar-refractivity contribution in [3.63, 3.8) is 0 Å². The summed E-state index contributed by atoms with van der Waals surface area (Å²) in [7, 11) is 0. The van der Waals surface area contributed by atoms with E-state index in [0.29, 0.717) is 11.1 Å². The van der Waals surface area contributed by atoms with E-state index in [2.05, 4.69) is 4.98 Å². The van der Waals surface area contributed by atoms with Crippen LogP contribution in [0.3, 0.4) is 0 Å². The molecule has 0 aliphatic heterocycles. The third-order valence-corrected chi connectivity index (χ3v) is 3.62. The van der Waals surface area contributed by atoms with Gasteiger partial charge in [0.15, 0.2) is 0 Å². The lowest BCUT2D eigenvalue weighted by atomic mass is 9.79. The van der Waals surface area contributed by atoms with Gasteiger partial charge in [0.05, 0.1) is 5.92 Å². The Morgan fingerprint density at radius 1 is 1.38 bits per heavy atom. The van der Waals surface area contributed by atoms with Crippen LogP contribution in [0.2, 0.25) is 5.15 Å². The lowest BCUT2D eigenvalue weighted by Gasteiger charge is -2.26. The van der Waals surface area contributed by atoms with E-state index < -0.39 is 5.97 Å². The maximum absolute atomic E-state index is 10.8. The van der Waals surface area contributed by atoms with E-state index in [-0.39, 0.29) is 5.92 Å². The normalized spacial score (nSPS) is 25.3. The Labute approximate surface area is 99.5 Å². The number of carbonyl (C=O) groups is 1. The van der Waals surface area contributed by atoms with Crippen LogP contribution in [0.25, 0.3) is 0 Å². The number of carboxylic acid groups (broad SMARTS) is 1. The number of rotatable bonds is 2. The molecule has 0 amide bonds. The van der Waals surface area contributed by atoms with Crippen molar-refractivity contribution in [2.24, 2.45) is 5.92 Å². The summed E-state index contributed by atoms with van der Waals surface area (Å²) in [6, 6.07) is 3.87. The molecule has 0 bridgehead atoms. The van der Waals surface area contributed by atoms with Crippen LogP contribution >= 0.6 is 11.6 Å². The second-order valence-corrected chi connectivity index (χ2v) is 4.63. The zero-order valence-electron chi connectivity index (χ0n) is 8.90. The number of aliphatic carboxylic acids is 1. The molecule has 86 valence electrons. The lowest BCUT2D eigenvalue weighted by Crippen LogP contribution is -2.20. The van der Waals surface area contributed by atoms with Crippen molar-refractivity contribution >= 4 is 17.6 Å². The minimum absolute atomic E-state index is 0.174. The predicted octanol–water partition coefficient (Wildman–Crippen LogP) is 3.09. The van der Waals surface area contributed by atoms with Gasteiger partial charge in [-0.25, -0.2) is 4.98 Å².